The third-order valence-electron chi connectivity index (χ3n) is 2.16. The summed E-state index contributed by atoms with van der Waals surface area (Å²) in [4.78, 5) is 0. The van der Waals surface area contributed by atoms with Gasteiger partial charge in [0.1, 0.15) is 0 Å². The Balaban J connectivity index is 1.98. The van der Waals surface area contributed by atoms with Crippen molar-refractivity contribution < 1.29 is 14.6 Å². The molecule has 0 amide bonds. The molecule has 1 heterocycles. The molecule has 0 aromatic rings. The van der Waals surface area contributed by atoms with Crippen LogP contribution in [0.3, 0.4) is 0 Å². The molecule has 4 nitrogen and oxygen atoms in total. The number of hydrogen-bond donors (Lipinski definition) is 2. The zero-order valence-electron chi connectivity index (χ0n) is 7.95. The predicted octanol–water partition coefficient (Wildman–Crippen LogP) is -0.108. The standard InChI is InChI=1S/C9H19NO3/c10-5-8(11)6-12-7-9-3-1-2-4-13-9/h8-9,11H,1-7,10H2. The summed E-state index contributed by atoms with van der Waals surface area (Å²) in [5, 5.41) is 9.10. The summed E-state index contributed by atoms with van der Waals surface area (Å²) in [5.41, 5.74) is 5.23. The van der Waals surface area contributed by atoms with Gasteiger partial charge in [-0.25, -0.2) is 0 Å². The van der Waals surface area contributed by atoms with Gasteiger partial charge in [0.25, 0.3) is 0 Å². The molecule has 2 atom stereocenters. The van der Waals surface area contributed by atoms with Crippen molar-refractivity contribution in [2.45, 2.75) is 31.5 Å². The van der Waals surface area contributed by atoms with Crippen LogP contribution >= 0.6 is 0 Å². The highest BCUT2D eigenvalue weighted by Crippen LogP contribution is 2.12. The monoisotopic (exact) mass is 189 g/mol. The maximum atomic E-state index is 9.10. The van der Waals surface area contributed by atoms with Crippen LogP contribution in [0.1, 0.15) is 19.3 Å². The number of rotatable bonds is 5. The second-order valence-corrected chi connectivity index (χ2v) is 3.42. The van der Waals surface area contributed by atoms with Gasteiger partial charge in [0.05, 0.1) is 25.4 Å². The van der Waals surface area contributed by atoms with Crippen molar-refractivity contribution in [3.8, 4) is 0 Å². The van der Waals surface area contributed by atoms with Crippen LogP contribution in [0.4, 0.5) is 0 Å². The lowest BCUT2D eigenvalue weighted by molar-refractivity contribution is -0.0557. The first-order chi connectivity index (χ1) is 6.33. The molecule has 0 aromatic heterocycles. The molecule has 1 fully saturated rings. The van der Waals surface area contributed by atoms with E-state index in [2.05, 4.69) is 0 Å². The molecule has 0 saturated carbocycles. The fourth-order valence-electron chi connectivity index (χ4n) is 1.34. The van der Waals surface area contributed by atoms with Crippen molar-refractivity contribution in [3.63, 3.8) is 0 Å². The second kappa shape index (κ2) is 6.32. The van der Waals surface area contributed by atoms with Gasteiger partial charge in [-0.3, -0.25) is 0 Å². The third-order valence-corrected chi connectivity index (χ3v) is 2.16. The quantitative estimate of drug-likeness (QED) is 0.633. The van der Waals surface area contributed by atoms with Gasteiger partial charge in [0, 0.05) is 13.2 Å². The van der Waals surface area contributed by atoms with Gasteiger partial charge in [-0.2, -0.15) is 0 Å². The number of ether oxygens (including phenoxy) is 2. The minimum atomic E-state index is -0.538. The summed E-state index contributed by atoms with van der Waals surface area (Å²) in [6, 6.07) is 0. The number of aliphatic hydroxyl groups is 1. The first-order valence-corrected chi connectivity index (χ1v) is 4.90. The van der Waals surface area contributed by atoms with E-state index in [0.29, 0.717) is 13.2 Å². The topological polar surface area (TPSA) is 64.7 Å². The fourth-order valence-corrected chi connectivity index (χ4v) is 1.34. The average Bonchev–Trinajstić information content (AvgIpc) is 2.19. The smallest absolute Gasteiger partial charge is 0.0895 e. The lowest BCUT2D eigenvalue weighted by Gasteiger charge is -2.22. The van der Waals surface area contributed by atoms with Crippen molar-refractivity contribution in [1.29, 1.82) is 0 Å². The minimum absolute atomic E-state index is 0.221. The van der Waals surface area contributed by atoms with E-state index in [1.54, 1.807) is 0 Å². The molecule has 0 bridgehead atoms. The van der Waals surface area contributed by atoms with Gasteiger partial charge in [-0.05, 0) is 19.3 Å². The van der Waals surface area contributed by atoms with E-state index in [1.165, 1.54) is 6.42 Å². The van der Waals surface area contributed by atoms with Gasteiger partial charge in [-0.1, -0.05) is 0 Å². The third kappa shape index (κ3) is 4.57. The molecule has 13 heavy (non-hydrogen) atoms. The molecular formula is C9H19NO3. The van der Waals surface area contributed by atoms with E-state index in [0.717, 1.165) is 19.4 Å². The highest BCUT2D eigenvalue weighted by molar-refractivity contribution is 4.63. The Bertz CT molecular complexity index is 126. The van der Waals surface area contributed by atoms with Crippen LogP contribution in [0.15, 0.2) is 0 Å². The van der Waals surface area contributed by atoms with Crippen molar-refractivity contribution in [2.24, 2.45) is 5.73 Å². The molecule has 0 aromatic carbocycles. The first kappa shape index (κ1) is 10.9. The molecule has 3 N–H and O–H groups in total. The van der Waals surface area contributed by atoms with Crippen LogP contribution in [0.5, 0.6) is 0 Å². The summed E-state index contributed by atoms with van der Waals surface area (Å²) < 4.78 is 10.7. The number of nitrogens with two attached hydrogens (primary N) is 1. The highest BCUT2D eigenvalue weighted by Gasteiger charge is 2.14. The van der Waals surface area contributed by atoms with E-state index in [4.69, 9.17) is 20.3 Å². The van der Waals surface area contributed by atoms with Gasteiger partial charge >= 0.3 is 0 Å². The predicted molar refractivity (Wildman–Crippen MR) is 49.5 cm³/mol. The summed E-state index contributed by atoms with van der Waals surface area (Å²) >= 11 is 0. The first-order valence-electron chi connectivity index (χ1n) is 4.90. The zero-order valence-corrected chi connectivity index (χ0v) is 7.95. The molecule has 0 spiro atoms. The fraction of sp³-hybridized carbons (Fsp3) is 1.00. The maximum Gasteiger partial charge on any atom is 0.0895 e. The molecule has 4 heteroatoms. The van der Waals surface area contributed by atoms with Gasteiger partial charge < -0.3 is 20.3 Å². The summed E-state index contributed by atoms with van der Waals surface area (Å²) in [7, 11) is 0. The van der Waals surface area contributed by atoms with Gasteiger partial charge in [0.2, 0.25) is 0 Å². The number of aliphatic hydroxyl groups excluding tert-OH is 1. The van der Waals surface area contributed by atoms with Gasteiger partial charge in [-0.15, -0.1) is 0 Å². The molecule has 1 rings (SSSR count). The summed E-state index contributed by atoms with van der Waals surface area (Å²) in [6.45, 7) is 1.99. The van der Waals surface area contributed by atoms with E-state index in [1.807, 2.05) is 0 Å². The van der Waals surface area contributed by atoms with Crippen LogP contribution in [0.25, 0.3) is 0 Å². The van der Waals surface area contributed by atoms with Crippen LogP contribution in [0, 0.1) is 0 Å². The molecule has 1 saturated heterocycles. The number of hydrogen-bond acceptors (Lipinski definition) is 4. The second-order valence-electron chi connectivity index (χ2n) is 3.42. The summed E-state index contributed by atoms with van der Waals surface area (Å²) in [5.74, 6) is 0. The Labute approximate surface area is 79.0 Å². The van der Waals surface area contributed by atoms with Gasteiger partial charge in [0.15, 0.2) is 0 Å². The normalized spacial score (nSPS) is 25.8. The Kier molecular flexibility index (Phi) is 5.31. The molecule has 1 aliphatic heterocycles. The minimum Gasteiger partial charge on any atom is -0.389 e. The summed E-state index contributed by atoms with van der Waals surface area (Å²) in [6.07, 6.45) is 3.12. The molecule has 2 unspecified atom stereocenters. The Morgan fingerprint density at radius 2 is 2.38 bits per heavy atom. The van der Waals surface area contributed by atoms with E-state index in [-0.39, 0.29) is 12.6 Å². The van der Waals surface area contributed by atoms with Crippen molar-refractivity contribution in [2.75, 3.05) is 26.4 Å². The average molecular weight is 189 g/mol. The van der Waals surface area contributed by atoms with E-state index < -0.39 is 6.10 Å². The molecule has 0 aliphatic carbocycles. The van der Waals surface area contributed by atoms with Crippen LogP contribution in [-0.2, 0) is 9.47 Å². The van der Waals surface area contributed by atoms with Crippen LogP contribution in [-0.4, -0.2) is 43.7 Å². The molecular weight excluding hydrogens is 170 g/mol. The zero-order chi connectivity index (χ0) is 9.52. The Hall–Kier alpha value is -0.160. The van der Waals surface area contributed by atoms with Crippen molar-refractivity contribution in [3.05, 3.63) is 0 Å². The Morgan fingerprint density at radius 1 is 1.54 bits per heavy atom. The van der Waals surface area contributed by atoms with E-state index >= 15 is 0 Å². The lowest BCUT2D eigenvalue weighted by atomic mass is 10.1. The van der Waals surface area contributed by atoms with Crippen LogP contribution in [0.2, 0.25) is 0 Å². The van der Waals surface area contributed by atoms with Crippen molar-refractivity contribution >= 4 is 0 Å². The SMILES string of the molecule is NCC(O)COCC1CCCCO1. The van der Waals surface area contributed by atoms with E-state index in [9.17, 15) is 0 Å². The Morgan fingerprint density at radius 3 is 3.00 bits per heavy atom. The van der Waals surface area contributed by atoms with Crippen molar-refractivity contribution in [1.82, 2.24) is 0 Å². The molecule has 78 valence electrons. The maximum absolute atomic E-state index is 9.10. The highest BCUT2D eigenvalue weighted by atomic mass is 16.5. The lowest BCUT2D eigenvalue weighted by Crippen LogP contribution is -2.29. The van der Waals surface area contributed by atoms with Crippen LogP contribution < -0.4 is 5.73 Å². The largest absolute Gasteiger partial charge is 0.389 e. The molecule has 0 radical (unpaired) electrons. The molecule has 1 aliphatic rings.